The van der Waals surface area contributed by atoms with E-state index < -0.39 is 18.0 Å². The second-order valence-corrected chi connectivity index (χ2v) is 3.96. The number of aliphatic hydroxyl groups excluding tert-OH is 3. The van der Waals surface area contributed by atoms with E-state index in [1.807, 2.05) is 0 Å². The van der Waals surface area contributed by atoms with Gasteiger partial charge in [-0.15, -0.1) is 0 Å². The summed E-state index contributed by atoms with van der Waals surface area (Å²) in [5.41, 5.74) is 0.316. The molecule has 1 aromatic carbocycles. The van der Waals surface area contributed by atoms with Crippen molar-refractivity contribution in [1.29, 1.82) is 0 Å². The molecule has 0 saturated carbocycles. The van der Waals surface area contributed by atoms with E-state index in [0.29, 0.717) is 5.56 Å². The smallest absolute Gasteiger partial charge is 0.216 e. The average Bonchev–Trinajstić information content (AvgIpc) is 2.35. The van der Waals surface area contributed by atoms with Gasteiger partial charge in [-0.1, -0.05) is 6.07 Å². The van der Waals surface area contributed by atoms with Crippen molar-refractivity contribution in [2.24, 2.45) is 0 Å². The van der Waals surface area contributed by atoms with Crippen molar-refractivity contribution >= 4 is 5.91 Å². The van der Waals surface area contributed by atoms with Gasteiger partial charge in [0.15, 0.2) is 0 Å². The summed E-state index contributed by atoms with van der Waals surface area (Å²) in [6.07, 6.45) is -2.79. The van der Waals surface area contributed by atoms with Gasteiger partial charge in [0.2, 0.25) is 5.91 Å². The molecule has 0 radical (unpaired) electrons. The van der Waals surface area contributed by atoms with Crippen LogP contribution in [-0.2, 0) is 11.4 Å². The van der Waals surface area contributed by atoms with E-state index in [9.17, 15) is 19.4 Å². The average molecular weight is 257 g/mol. The Hall–Kier alpha value is -1.50. The molecule has 18 heavy (non-hydrogen) atoms. The fourth-order valence-corrected chi connectivity index (χ4v) is 1.49. The Bertz CT molecular complexity index is 425. The largest absolute Gasteiger partial charge is 0.392 e. The van der Waals surface area contributed by atoms with E-state index in [4.69, 9.17) is 5.11 Å². The zero-order valence-corrected chi connectivity index (χ0v) is 9.93. The van der Waals surface area contributed by atoms with Crippen molar-refractivity contribution < 1.29 is 24.5 Å². The lowest BCUT2D eigenvalue weighted by atomic mass is 10.0. The fraction of sp³-hybridized carbons (Fsp3) is 0.417. The van der Waals surface area contributed by atoms with Gasteiger partial charge in [0, 0.05) is 19.0 Å². The first-order valence-corrected chi connectivity index (χ1v) is 5.45. The van der Waals surface area contributed by atoms with Crippen LogP contribution in [0.4, 0.5) is 4.39 Å². The molecule has 1 amide bonds. The number of aliphatic hydroxyl groups is 3. The molecule has 1 aromatic rings. The first-order chi connectivity index (χ1) is 8.45. The molecule has 6 heteroatoms. The molecule has 4 N–H and O–H groups in total. The van der Waals surface area contributed by atoms with Crippen LogP contribution in [0.25, 0.3) is 0 Å². The van der Waals surface area contributed by atoms with Gasteiger partial charge in [0.05, 0.1) is 6.61 Å². The zero-order chi connectivity index (χ0) is 13.7. The van der Waals surface area contributed by atoms with Crippen LogP contribution in [0.1, 0.15) is 24.2 Å². The number of amides is 1. The summed E-state index contributed by atoms with van der Waals surface area (Å²) in [5, 5.41) is 30.6. The van der Waals surface area contributed by atoms with Crippen LogP contribution in [0, 0.1) is 5.82 Å². The van der Waals surface area contributed by atoms with Crippen molar-refractivity contribution in [2.75, 3.05) is 6.54 Å². The zero-order valence-electron chi connectivity index (χ0n) is 9.93. The van der Waals surface area contributed by atoms with Crippen LogP contribution in [0.3, 0.4) is 0 Å². The summed E-state index contributed by atoms with van der Waals surface area (Å²) >= 11 is 0. The van der Waals surface area contributed by atoms with Crippen LogP contribution < -0.4 is 5.32 Å². The summed E-state index contributed by atoms with van der Waals surface area (Å²) in [6, 6.07) is 3.76. The maximum absolute atomic E-state index is 13.5. The predicted octanol–water partition coefficient (Wildman–Crippen LogP) is -0.152. The van der Waals surface area contributed by atoms with Gasteiger partial charge in [0.25, 0.3) is 0 Å². The van der Waals surface area contributed by atoms with E-state index >= 15 is 0 Å². The summed E-state index contributed by atoms with van der Waals surface area (Å²) in [4.78, 5) is 10.7. The van der Waals surface area contributed by atoms with Crippen LogP contribution >= 0.6 is 0 Å². The summed E-state index contributed by atoms with van der Waals surface area (Å²) in [7, 11) is 0. The van der Waals surface area contributed by atoms with Crippen LogP contribution in [0.2, 0.25) is 0 Å². The van der Waals surface area contributed by atoms with E-state index in [0.717, 1.165) is 6.07 Å². The molecule has 0 aromatic heterocycles. The number of hydrogen-bond acceptors (Lipinski definition) is 4. The Morgan fingerprint density at radius 3 is 2.67 bits per heavy atom. The molecule has 0 aliphatic heterocycles. The Morgan fingerprint density at radius 1 is 1.44 bits per heavy atom. The number of carbonyl (C=O) groups is 1. The number of nitrogens with one attached hydrogen (secondary N) is 1. The van der Waals surface area contributed by atoms with Gasteiger partial charge in [-0.25, -0.2) is 4.39 Å². The molecule has 2 atom stereocenters. The maximum Gasteiger partial charge on any atom is 0.216 e. The molecule has 5 nitrogen and oxygen atoms in total. The van der Waals surface area contributed by atoms with E-state index in [1.165, 1.54) is 19.1 Å². The fourth-order valence-electron chi connectivity index (χ4n) is 1.49. The third kappa shape index (κ3) is 3.76. The first-order valence-electron chi connectivity index (χ1n) is 5.45. The molecule has 0 aliphatic carbocycles. The molecule has 0 aliphatic rings. The Morgan fingerprint density at radius 2 is 2.11 bits per heavy atom. The second kappa shape index (κ2) is 6.44. The maximum atomic E-state index is 13.5. The highest BCUT2D eigenvalue weighted by Crippen LogP contribution is 2.21. The van der Waals surface area contributed by atoms with E-state index in [1.54, 1.807) is 0 Å². The number of benzene rings is 1. The third-order valence-electron chi connectivity index (χ3n) is 2.49. The SMILES string of the molecule is CC(=O)NCC(O)C(O)c1cc(CO)ccc1F. The lowest BCUT2D eigenvalue weighted by Gasteiger charge is -2.19. The molecule has 1 rings (SSSR count). The second-order valence-electron chi connectivity index (χ2n) is 3.96. The van der Waals surface area contributed by atoms with Gasteiger partial charge < -0.3 is 20.6 Å². The molecule has 0 fully saturated rings. The van der Waals surface area contributed by atoms with Gasteiger partial charge >= 0.3 is 0 Å². The summed E-state index contributed by atoms with van der Waals surface area (Å²) < 4.78 is 13.5. The number of halogens is 1. The van der Waals surface area contributed by atoms with Crippen LogP contribution in [0.15, 0.2) is 18.2 Å². The third-order valence-corrected chi connectivity index (χ3v) is 2.49. The topological polar surface area (TPSA) is 89.8 Å². The molecule has 0 heterocycles. The lowest BCUT2D eigenvalue weighted by molar-refractivity contribution is -0.119. The summed E-state index contributed by atoms with van der Waals surface area (Å²) in [5.74, 6) is -1.03. The van der Waals surface area contributed by atoms with Crippen molar-refractivity contribution in [2.45, 2.75) is 25.7 Å². The molecular weight excluding hydrogens is 241 g/mol. The Balaban J connectivity index is 2.81. The van der Waals surface area contributed by atoms with Crippen molar-refractivity contribution in [3.63, 3.8) is 0 Å². The van der Waals surface area contributed by atoms with Gasteiger partial charge in [-0.3, -0.25) is 4.79 Å². The number of hydrogen-bond donors (Lipinski definition) is 4. The molecule has 2 unspecified atom stereocenters. The molecule has 0 bridgehead atoms. The quantitative estimate of drug-likeness (QED) is 0.590. The summed E-state index contributed by atoms with van der Waals surface area (Å²) in [6.45, 7) is 0.799. The first kappa shape index (κ1) is 14.6. The minimum absolute atomic E-state index is 0.112. The highest BCUT2D eigenvalue weighted by Gasteiger charge is 2.22. The monoisotopic (exact) mass is 257 g/mol. The minimum atomic E-state index is -1.47. The highest BCUT2D eigenvalue weighted by atomic mass is 19.1. The van der Waals surface area contributed by atoms with Gasteiger partial charge in [-0.2, -0.15) is 0 Å². The number of rotatable bonds is 5. The van der Waals surface area contributed by atoms with Crippen LogP contribution in [0.5, 0.6) is 0 Å². The predicted molar refractivity (Wildman–Crippen MR) is 62.0 cm³/mol. The van der Waals surface area contributed by atoms with Crippen molar-refractivity contribution in [3.8, 4) is 0 Å². The van der Waals surface area contributed by atoms with Crippen molar-refractivity contribution in [1.82, 2.24) is 5.32 Å². The Kier molecular flexibility index (Phi) is 5.21. The minimum Gasteiger partial charge on any atom is -0.392 e. The van der Waals surface area contributed by atoms with Gasteiger partial charge in [0.1, 0.15) is 18.0 Å². The molecule has 100 valence electrons. The molecule has 0 saturated heterocycles. The Labute approximate surface area is 104 Å². The number of carbonyl (C=O) groups excluding carboxylic acids is 1. The lowest BCUT2D eigenvalue weighted by Crippen LogP contribution is -2.34. The van der Waals surface area contributed by atoms with E-state index in [2.05, 4.69) is 5.32 Å². The van der Waals surface area contributed by atoms with Crippen LogP contribution in [-0.4, -0.2) is 33.9 Å². The normalized spacial score (nSPS) is 14.1. The highest BCUT2D eigenvalue weighted by molar-refractivity contribution is 5.72. The van der Waals surface area contributed by atoms with Crippen molar-refractivity contribution in [3.05, 3.63) is 35.1 Å². The van der Waals surface area contributed by atoms with E-state index in [-0.39, 0.29) is 24.6 Å². The molecular formula is C12H16FNO4. The standard InChI is InChI=1S/C12H16FNO4/c1-7(16)14-5-11(17)12(18)9-4-8(6-15)2-3-10(9)13/h2-4,11-12,15,17-18H,5-6H2,1H3,(H,14,16). The molecule has 0 spiro atoms. The van der Waals surface area contributed by atoms with Gasteiger partial charge in [-0.05, 0) is 17.7 Å².